The van der Waals surface area contributed by atoms with Crippen LogP contribution in [0.5, 0.6) is 0 Å². The summed E-state index contributed by atoms with van der Waals surface area (Å²) in [7, 11) is 0. The Kier molecular flexibility index (Phi) is 2.10. The molecular formula is C11H13Cl. The highest BCUT2D eigenvalue weighted by molar-refractivity contribution is 6.31. The van der Waals surface area contributed by atoms with E-state index in [1.54, 1.807) is 0 Å². The maximum atomic E-state index is 6.11. The molecule has 0 atom stereocenters. The second kappa shape index (κ2) is 3.10. The van der Waals surface area contributed by atoms with Gasteiger partial charge >= 0.3 is 0 Å². The Hall–Kier alpha value is -0.490. The fourth-order valence-electron chi connectivity index (χ4n) is 1.92. The molecule has 0 bridgehead atoms. The number of benzene rings is 1. The number of halogens is 1. The Morgan fingerprint density at radius 3 is 2.58 bits per heavy atom. The van der Waals surface area contributed by atoms with Crippen molar-refractivity contribution in [1.29, 1.82) is 0 Å². The summed E-state index contributed by atoms with van der Waals surface area (Å²) in [6.07, 6.45) is 4.82. The van der Waals surface area contributed by atoms with Crippen LogP contribution in [0.2, 0.25) is 5.02 Å². The SMILES string of the molecule is CCc1cc2c(cc1Cl)CCC2. The molecule has 1 aliphatic carbocycles. The normalized spacial score (nSPS) is 14.8. The van der Waals surface area contributed by atoms with Gasteiger partial charge in [0.05, 0.1) is 0 Å². The van der Waals surface area contributed by atoms with E-state index in [9.17, 15) is 0 Å². The largest absolute Gasteiger partial charge is 0.0840 e. The molecule has 0 radical (unpaired) electrons. The third-order valence-corrected chi connectivity index (χ3v) is 2.99. The molecule has 12 heavy (non-hydrogen) atoms. The monoisotopic (exact) mass is 180 g/mol. The van der Waals surface area contributed by atoms with Crippen molar-refractivity contribution >= 4 is 11.6 Å². The molecule has 0 unspecified atom stereocenters. The fourth-order valence-corrected chi connectivity index (χ4v) is 2.24. The first-order valence-electron chi connectivity index (χ1n) is 4.61. The minimum absolute atomic E-state index is 0.957. The Morgan fingerprint density at radius 2 is 1.92 bits per heavy atom. The minimum Gasteiger partial charge on any atom is -0.0840 e. The van der Waals surface area contributed by atoms with E-state index in [1.165, 1.54) is 36.0 Å². The number of rotatable bonds is 1. The summed E-state index contributed by atoms with van der Waals surface area (Å²) in [5.74, 6) is 0. The van der Waals surface area contributed by atoms with E-state index in [0.29, 0.717) is 0 Å². The maximum Gasteiger partial charge on any atom is 0.0440 e. The molecule has 0 heterocycles. The molecule has 0 N–H and O–H groups in total. The van der Waals surface area contributed by atoms with Gasteiger partial charge in [-0.15, -0.1) is 0 Å². The smallest absolute Gasteiger partial charge is 0.0440 e. The molecule has 2 rings (SSSR count). The van der Waals surface area contributed by atoms with Crippen LogP contribution in [-0.2, 0) is 19.3 Å². The summed E-state index contributed by atoms with van der Waals surface area (Å²) in [5, 5.41) is 0.957. The molecule has 1 aromatic rings. The summed E-state index contributed by atoms with van der Waals surface area (Å²) in [5.41, 5.74) is 4.30. The molecule has 1 heteroatoms. The molecule has 0 fully saturated rings. The third-order valence-electron chi connectivity index (χ3n) is 2.64. The van der Waals surface area contributed by atoms with Gasteiger partial charge in [-0.05, 0) is 48.4 Å². The van der Waals surface area contributed by atoms with Gasteiger partial charge in [-0.25, -0.2) is 0 Å². The predicted octanol–water partition coefficient (Wildman–Crippen LogP) is 3.39. The van der Waals surface area contributed by atoms with Gasteiger partial charge in [0, 0.05) is 5.02 Å². The third kappa shape index (κ3) is 1.25. The number of aryl methyl sites for hydroxylation is 3. The van der Waals surface area contributed by atoms with Crippen LogP contribution in [0.25, 0.3) is 0 Å². The van der Waals surface area contributed by atoms with E-state index in [4.69, 9.17) is 11.6 Å². The van der Waals surface area contributed by atoms with Gasteiger partial charge in [-0.2, -0.15) is 0 Å². The molecule has 0 amide bonds. The van der Waals surface area contributed by atoms with E-state index >= 15 is 0 Å². The van der Waals surface area contributed by atoms with Crippen molar-refractivity contribution in [3.63, 3.8) is 0 Å². The molecular weight excluding hydrogens is 168 g/mol. The van der Waals surface area contributed by atoms with Crippen LogP contribution < -0.4 is 0 Å². The highest BCUT2D eigenvalue weighted by Gasteiger charge is 2.12. The van der Waals surface area contributed by atoms with Gasteiger partial charge in [0.2, 0.25) is 0 Å². The van der Waals surface area contributed by atoms with Crippen LogP contribution in [0.4, 0.5) is 0 Å². The fraction of sp³-hybridized carbons (Fsp3) is 0.455. The van der Waals surface area contributed by atoms with E-state index in [2.05, 4.69) is 19.1 Å². The first kappa shape index (κ1) is 8.12. The molecule has 0 aliphatic heterocycles. The lowest BCUT2D eigenvalue weighted by Crippen LogP contribution is -1.88. The molecule has 0 spiro atoms. The average molecular weight is 181 g/mol. The van der Waals surface area contributed by atoms with E-state index < -0.39 is 0 Å². The van der Waals surface area contributed by atoms with Crippen molar-refractivity contribution in [2.24, 2.45) is 0 Å². The molecule has 0 saturated carbocycles. The van der Waals surface area contributed by atoms with Crippen LogP contribution in [-0.4, -0.2) is 0 Å². The zero-order valence-electron chi connectivity index (χ0n) is 7.36. The van der Waals surface area contributed by atoms with Gasteiger partial charge in [0.15, 0.2) is 0 Å². The van der Waals surface area contributed by atoms with Crippen LogP contribution in [0.1, 0.15) is 30.0 Å². The standard InChI is InChI=1S/C11H13Cl/c1-2-8-6-9-4-3-5-10(9)7-11(8)12/h6-7H,2-5H2,1H3. The van der Waals surface area contributed by atoms with Gasteiger partial charge in [0.1, 0.15) is 0 Å². The van der Waals surface area contributed by atoms with Gasteiger partial charge in [-0.3, -0.25) is 0 Å². The quantitative estimate of drug-likeness (QED) is 0.622. The number of fused-ring (bicyclic) bond motifs is 1. The molecule has 64 valence electrons. The topological polar surface area (TPSA) is 0 Å². The first-order valence-corrected chi connectivity index (χ1v) is 4.99. The predicted molar refractivity (Wildman–Crippen MR) is 52.9 cm³/mol. The van der Waals surface area contributed by atoms with Crippen LogP contribution in [0, 0.1) is 0 Å². The van der Waals surface area contributed by atoms with E-state index in [-0.39, 0.29) is 0 Å². The zero-order chi connectivity index (χ0) is 8.55. The van der Waals surface area contributed by atoms with E-state index in [1.807, 2.05) is 0 Å². The molecule has 0 aromatic heterocycles. The lowest BCUT2D eigenvalue weighted by atomic mass is 10.0. The Labute approximate surface area is 78.6 Å². The van der Waals surface area contributed by atoms with Crippen molar-refractivity contribution in [2.75, 3.05) is 0 Å². The zero-order valence-corrected chi connectivity index (χ0v) is 8.12. The molecule has 1 aromatic carbocycles. The summed E-state index contributed by atoms with van der Waals surface area (Å²) >= 11 is 6.11. The Morgan fingerprint density at radius 1 is 1.25 bits per heavy atom. The van der Waals surface area contributed by atoms with Crippen molar-refractivity contribution in [3.8, 4) is 0 Å². The average Bonchev–Trinajstić information content (AvgIpc) is 2.49. The summed E-state index contributed by atoms with van der Waals surface area (Å²) in [6.45, 7) is 2.16. The van der Waals surface area contributed by atoms with E-state index in [0.717, 1.165) is 11.4 Å². The van der Waals surface area contributed by atoms with Crippen LogP contribution in [0.15, 0.2) is 12.1 Å². The summed E-state index contributed by atoms with van der Waals surface area (Å²) < 4.78 is 0. The molecule has 0 saturated heterocycles. The van der Waals surface area contributed by atoms with Crippen molar-refractivity contribution in [2.45, 2.75) is 32.6 Å². The summed E-state index contributed by atoms with van der Waals surface area (Å²) in [4.78, 5) is 0. The lowest BCUT2D eigenvalue weighted by molar-refractivity contribution is 0.911. The van der Waals surface area contributed by atoms with Gasteiger partial charge < -0.3 is 0 Å². The van der Waals surface area contributed by atoms with Crippen molar-refractivity contribution in [1.82, 2.24) is 0 Å². The number of hydrogen-bond donors (Lipinski definition) is 0. The highest BCUT2D eigenvalue weighted by atomic mass is 35.5. The van der Waals surface area contributed by atoms with Crippen LogP contribution in [0.3, 0.4) is 0 Å². The first-order chi connectivity index (χ1) is 5.81. The minimum atomic E-state index is 0.957. The number of hydrogen-bond acceptors (Lipinski definition) is 0. The summed E-state index contributed by atoms with van der Waals surface area (Å²) in [6, 6.07) is 4.44. The molecule has 0 nitrogen and oxygen atoms in total. The van der Waals surface area contributed by atoms with Crippen molar-refractivity contribution < 1.29 is 0 Å². The second-order valence-electron chi connectivity index (χ2n) is 3.42. The van der Waals surface area contributed by atoms with Crippen LogP contribution >= 0.6 is 11.6 Å². The Balaban J connectivity index is 2.49. The lowest BCUT2D eigenvalue weighted by Gasteiger charge is -2.04. The highest BCUT2D eigenvalue weighted by Crippen LogP contribution is 2.28. The van der Waals surface area contributed by atoms with Crippen molar-refractivity contribution in [3.05, 3.63) is 33.8 Å². The van der Waals surface area contributed by atoms with Gasteiger partial charge in [-0.1, -0.05) is 24.6 Å². The Bertz CT molecular complexity index is 301. The second-order valence-corrected chi connectivity index (χ2v) is 3.83. The maximum absolute atomic E-state index is 6.11. The molecule has 1 aliphatic rings. The van der Waals surface area contributed by atoms with Gasteiger partial charge in [0.25, 0.3) is 0 Å².